The molecular formula is C12H24N2O4S. The Bertz CT molecular complexity index is 397. The average Bonchev–Trinajstić information content (AvgIpc) is 2.39. The van der Waals surface area contributed by atoms with E-state index in [0.29, 0.717) is 19.7 Å². The first-order valence-electron chi connectivity index (χ1n) is 6.67. The molecule has 0 spiro atoms. The molecule has 0 saturated carbocycles. The van der Waals surface area contributed by atoms with Crippen LogP contribution in [0.3, 0.4) is 0 Å². The summed E-state index contributed by atoms with van der Waals surface area (Å²) in [4.78, 5) is 12.1. The van der Waals surface area contributed by atoms with E-state index in [0.717, 1.165) is 12.8 Å². The van der Waals surface area contributed by atoms with E-state index in [1.807, 2.05) is 6.92 Å². The highest BCUT2D eigenvalue weighted by molar-refractivity contribution is 7.89. The summed E-state index contributed by atoms with van der Waals surface area (Å²) in [5.41, 5.74) is 0. The lowest BCUT2D eigenvalue weighted by atomic mass is 9.98. The number of nitrogens with one attached hydrogen (secondary N) is 1. The maximum atomic E-state index is 12.1. The zero-order valence-corrected chi connectivity index (χ0v) is 12.7. The molecule has 0 aliphatic carbocycles. The van der Waals surface area contributed by atoms with E-state index in [1.54, 1.807) is 14.0 Å². The zero-order valence-electron chi connectivity index (χ0n) is 11.9. The van der Waals surface area contributed by atoms with Gasteiger partial charge in [-0.1, -0.05) is 0 Å². The van der Waals surface area contributed by atoms with Crippen LogP contribution in [0, 0.1) is 5.92 Å². The number of piperidine rings is 1. The number of carbonyl (C=O) groups excluding carboxylic acids is 1. The molecule has 1 saturated heterocycles. The molecule has 2 atom stereocenters. The van der Waals surface area contributed by atoms with Gasteiger partial charge in [0, 0.05) is 26.2 Å². The second kappa shape index (κ2) is 7.21. The Morgan fingerprint density at radius 2 is 2.21 bits per heavy atom. The van der Waals surface area contributed by atoms with E-state index >= 15 is 0 Å². The molecule has 1 heterocycles. The quantitative estimate of drug-likeness (QED) is 0.759. The minimum atomic E-state index is -3.20. The molecule has 0 unspecified atom stereocenters. The normalized spacial score (nSPS) is 23.0. The molecule has 0 radical (unpaired) electrons. The number of nitrogens with zero attached hydrogens (tertiary/aromatic N) is 1. The van der Waals surface area contributed by atoms with Crippen LogP contribution >= 0.6 is 0 Å². The zero-order chi connectivity index (χ0) is 14.5. The van der Waals surface area contributed by atoms with E-state index in [9.17, 15) is 13.2 Å². The van der Waals surface area contributed by atoms with Crippen molar-refractivity contribution in [2.24, 2.45) is 5.92 Å². The van der Waals surface area contributed by atoms with E-state index in [-0.39, 0.29) is 23.6 Å². The summed E-state index contributed by atoms with van der Waals surface area (Å²) in [5.74, 6) is -0.253. The molecule has 0 bridgehead atoms. The van der Waals surface area contributed by atoms with Gasteiger partial charge in [-0.2, -0.15) is 0 Å². The molecule has 7 heteroatoms. The van der Waals surface area contributed by atoms with Crippen molar-refractivity contribution in [2.75, 3.05) is 32.6 Å². The van der Waals surface area contributed by atoms with Gasteiger partial charge < -0.3 is 10.1 Å². The van der Waals surface area contributed by atoms with E-state index in [4.69, 9.17) is 4.74 Å². The number of hydrogen-bond acceptors (Lipinski definition) is 4. The Morgan fingerprint density at radius 3 is 2.79 bits per heavy atom. The molecule has 1 fully saturated rings. The first-order chi connectivity index (χ1) is 8.90. The van der Waals surface area contributed by atoms with Crippen molar-refractivity contribution < 1.29 is 17.9 Å². The van der Waals surface area contributed by atoms with Crippen LogP contribution in [0.2, 0.25) is 0 Å². The van der Waals surface area contributed by atoms with Gasteiger partial charge in [0.05, 0.1) is 18.3 Å². The van der Waals surface area contributed by atoms with Crippen LogP contribution in [0.1, 0.15) is 26.7 Å². The summed E-state index contributed by atoms with van der Waals surface area (Å²) < 4.78 is 30.0. The number of ether oxygens (including phenoxy) is 1. The van der Waals surface area contributed by atoms with Crippen LogP contribution in [0.4, 0.5) is 0 Å². The summed E-state index contributed by atoms with van der Waals surface area (Å²) in [7, 11) is -1.62. The highest BCUT2D eigenvalue weighted by atomic mass is 32.2. The monoisotopic (exact) mass is 292 g/mol. The lowest BCUT2D eigenvalue weighted by Crippen LogP contribution is -2.48. The molecule has 1 N–H and O–H groups in total. The molecule has 1 aliphatic rings. The third-order valence-corrected chi connectivity index (χ3v) is 5.17. The van der Waals surface area contributed by atoms with E-state index in [1.165, 1.54) is 4.31 Å². The summed E-state index contributed by atoms with van der Waals surface area (Å²) in [6.07, 6.45) is 1.47. The third kappa shape index (κ3) is 4.74. The second-order valence-electron chi connectivity index (χ2n) is 4.96. The van der Waals surface area contributed by atoms with Crippen molar-refractivity contribution in [1.82, 2.24) is 9.62 Å². The summed E-state index contributed by atoms with van der Waals surface area (Å²) >= 11 is 0. The van der Waals surface area contributed by atoms with Crippen LogP contribution in [0.15, 0.2) is 0 Å². The van der Waals surface area contributed by atoms with E-state index < -0.39 is 10.0 Å². The second-order valence-corrected chi connectivity index (χ2v) is 7.22. The van der Waals surface area contributed by atoms with Gasteiger partial charge in [0.1, 0.15) is 0 Å². The maximum Gasteiger partial charge on any atom is 0.224 e. The van der Waals surface area contributed by atoms with Gasteiger partial charge >= 0.3 is 0 Å². The number of amides is 1. The Balaban J connectivity index is 2.57. The maximum absolute atomic E-state index is 12.1. The Morgan fingerprint density at radius 1 is 1.53 bits per heavy atom. The van der Waals surface area contributed by atoms with Gasteiger partial charge in [-0.25, -0.2) is 12.7 Å². The lowest BCUT2D eigenvalue weighted by molar-refractivity contribution is -0.127. The van der Waals surface area contributed by atoms with Crippen molar-refractivity contribution >= 4 is 15.9 Å². The molecule has 6 nitrogen and oxygen atoms in total. The summed E-state index contributed by atoms with van der Waals surface area (Å²) in [6.45, 7) is 4.76. The fraction of sp³-hybridized carbons (Fsp3) is 0.917. The number of sulfonamides is 1. The standard InChI is InChI=1S/C12H24N2O4S/c1-4-19(16,17)14-7-5-6-11(8-14)12(15)13-10(2)9-18-3/h10-11H,4-9H2,1-3H3,(H,13,15)/t10-,11-/m0/s1. The molecule has 1 rings (SSSR count). The molecule has 1 amide bonds. The topological polar surface area (TPSA) is 75.7 Å². The first kappa shape index (κ1) is 16.4. The van der Waals surface area contributed by atoms with Gasteiger partial charge in [0.25, 0.3) is 0 Å². The van der Waals surface area contributed by atoms with Crippen LogP contribution < -0.4 is 5.32 Å². The van der Waals surface area contributed by atoms with Crippen LogP contribution in [-0.2, 0) is 19.6 Å². The molecule has 112 valence electrons. The van der Waals surface area contributed by atoms with Gasteiger partial charge in [0.15, 0.2) is 0 Å². The van der Waals surface area contributed by atoms with Gasteiger partial charge in [-0.15, -0.1) is 0 Å². The Hall–Kier alpha value is -0.660. The van der Waals surface area contributed by atoms with Crippen molar-refractivity contribution in [3.05, 3.63) is 0 Å². The number of rotatable bonds is 6. The molecular weight excluding hydrogens is 268 g/mol. The van der Waals surface area contributed by atoms with Gasteiger partial charge in [0.2, 0.25) is 15.9 Å². The predicted molar refractivity (Wildman–Crippen MR) is 73.2 cm³/mol. The van der Waals surface area contributed by atoms with Gasteiger partial charge in [-0.3, -0.25) is 4.79 Å². The molecule has 0 aromatic rings. The Labute approximate surface area is 115 Å². The number of hydrogen-bond donors (Lipinski definition) is 1. The highest BCUT2D eigenvalue weighted by Crippen LogP contribution is 2.19. The minimum absolute atomic E-state index is 0.0596. The van der Waals surface area contributed by atoms with Crippen molar-refractivity contribution in [3.63, 3.8) is 0 Å². The van der Waals surface area contributed by atoms with Crippen molar-refractivity contribution in [3.8, 4) is 0 Å². The average molecular weight is 292 g/mol. The predicted octanol–water partition coefficient (Wildman–Crippen LogP) is 0.199. The molecule has 0 aromatic heterocycles. The Kier molecular flexibility index (Phi) is 6.22. The molecule has 0 aromatic carbocycles. The minimum Gasteiger partial charge on any atom is -0.383 e. The number of methoxy groups -OCH3 is 1. The largest absolute Gasteiger partial charge is 0.383 e. The summed E-state index contributed by atoms with van der Waals surface area (Å²) in [5, 5.41) is 2.86. The smallest absolute Gasteiger partial charge is 0.224 e. The van der Waals surface area contributed by atoms with Crippen molar-refractivity contribution in [2.45, 2.75) is 32.7 Å². The lowest BCUT2D eigenvalue weighted by Gasteiger charge is -2.31. The summed E-state index contributed by atoms with van der Waals surface area (Å²) in [6, 6.07) is -0.0596. The SMILES string of the molecule is CCS(=O)(=O)N1CCC[C@H](C(=O)N[C@@H](C)COC)C1. The van der Waals surface area contributed by atoms with Crippen molar-refractivity contribution in [1.29, 1.82) is 0 Å². The van der Waals surface area contributed by atoms with Crippen LogP contribution in [-0.4, -0.2) is 57.2 Å². The fourth-order valence-corrected chi connectivity index (χ4v) is 3.42. The highest BCUT2D eigenvalue weighted by Gasteiger charge is 2.31. The van der Waals surface area contributed by atoms with E-state index in [2.05, 4.69) is 5.32 Å². The van der Waals surface area contributed by atoms with Crippen LogP contribution in [0.5, 0.6) is 0 Å². The third-order valence-electron chi connectivity index (χ3n) is 3.32. The molecule has 19 heavy (non-hydrogen) atoms. The first-order valence-corrected chi connectivity index (χ1v) is 8.28. The fourth-order valence-electron chi connectivity index (χ4n) is 2.24. The molecule has 1 aliphatic heterocycles. The van der Waals surface area contributed by atoms with Crippen LogP contribution in [0.25, 0.3) is 0 Å². The van der Waals surface area contributed by atoms with Gasteiger partial charge in [-0.05, 0) is 26.7 Å². The number of carbonyl (C=O) groups is 1.